The van der Waals surface area contributed by atoms with Gasteiger partial charge in [-0.3, -0.25) is 4.79 Å². The fourth-order valence-electron chi connectivity index (χ4n) is 5.48. The number of rotatable bonds is 26. The molecule has 1 fully saturated rings. The lowest BCUT2D eigenvalue weighted by Gasteiger charge is -2.29. The van der Waals surface area contributed by atoms with Crippen molar-refractivity contribution in [3.8, 4) is 0 Å². The lowest BCUT2D eigenvalue weighted by molar-refractivity contribution is -0.213. The van der Waals surface area contributed by atoms with Gasteiger partial charge in [0.15, 0.2) is 6.29 Å². The van der Waals surface area contributed by atoms with Crippen LogP contribution in [0.25, 0.3) is 0 Å². The maximum Gasteiger partial charge on any atom is 0.220 e. The van der Waals surface area contributed by atoms with E-state index in [1.54, 1.807) is 7.11 Å². The number of amides is 1. The van der Waals surface area contributed by atoms with Gasteiger partial charge in [0.05, 0.1) is 38.1 Å². The third kappa shape index (κ3) is 17.9. The van der Waals surface area contributed by atoms with Crippen molar-refractivity contribution in [2.24, 2.45) is 5.92 Å². The molecule has 9 nitrogen and oxygen atoms in total. The molecule has 1 aliphatic heterocycles. The topological polar surface area (TPSA) is 138 Å². The first-order valence-corrected chi connectivity index (χ1v) is 17.3. The van der Waals surface area contributed by atoms with E-state index in [-0.39, 0.29) is 19.1 Å². The number of methoxy groups -OCH3 is 1. The molecule has 0 aliphatic carbocycles. The Morgan fingerprint density at radius 1 is 0.837 bits per heavy atom. The molecule has 0 bridgehead atoms. The maximum atomic E-state index is 12.8. The molecule has 9 heteroatoms. The quantitative estimate of drug-likeness (QED) is 0.0664. The lowest BCUT2D eigenvalue weighted by Crippen LogP contribution is -2.50. The summed E-state index contributed by atoms with van der Waals surface area (Å²) in [5, 5.41) is 43.6. The summed E-state index contributed by atoms with van der Waals surface area (Å²) in [6.07, 6.45) is 18.8. The molecule has 5 N–H and O–H groups in total. The van der Waals surface area contributed by atoms with Crippen molar-refractivity contribution in [1.82, 2.24) is 5.32 Å². The molecule has 0 radical (unpaired) electrons. The van der Waals surface area contributed by atoms with Crippen molar-refractivity contribution in [2.45, 2.75) is 166 Å². The van der Waals surface area contributed by atoms with Crippen molar-refractivity contribution < 1.29 is 39.4 Å². The predicted octanol–water partition coefficient (Wildman–Crippen LogP) is 5.17. The Bertz CT molecular complexity index is 693. The number of ether oxygens (including phenoxy) is 3. The maximum absolute atomic E-state index is 12.8. The van der Waals surface area contributed by atoms with Gasteiger partial charge in [0.25, 0.3) is 0 Å². The number of aliphatic hydroxyl groups excluding tert-OH is 4. The van der Waals surface area contributed by atoms with Gasteiger partial charge in [0.2, 0.25) is 5.91 Å². The van der Waals surface area contributed by atoms with Gasteiger partial charge in [0, 0.05) is 19.4 Å². The summed E-state index contributed by atoms with van der Waals surface area (Å²) in [5.41, 5.74) is 0. The van der Waals surface area contributed by atoms with Gasteiger partial charge in [0.1, 0.15) is 12.2 Å². The Morgan fingerprint density at radius 3 is 1.95 bits per heavy atom. The van der Waals surface area contributed by atoms with E-state index in [0.717, 1.165) is 44.9 Å². The lowest BCUT2D eigenvalue weighted by atomic mass is 9.97. The largest absolute Gasteiger partial charge is 0.396 e. The number of allylic oxidation sites excluding steroid dienone is 1. The van der Waals surface area contributed by atoms with E-state index < -0.39 is 49.3 Å². The van der Waals surface area contributed by atoms with Gasteiger partial charge in [-0.25, -0.2) is 0 Å². The zero-order valence-electron chi connectivity index (χ0n) is 27.5. The van der Waals surface area contributed by atoms with E-state index in [2.05, 4.69) is 25.2 Å². The van der Waals surface area contributed by atoms with Crippen LogP contribution in [0, 0.1) is 5.92 Å². The summed E-state index contributed by atoms with van der Waals surface area (Å²) in [6, 6.07) is -0.545. The minimum atomic E-state index is -1.54. The highest BCUT2D eigenvalue weighted by Gasteiger charge is 2.41. The number of carbonyl (C=O) groups excluding carboxylic acids is 1. The van der Waals surface area contributed by atoms with E-state index in [1.165, 1.54) is 64.2 Å². The highest BCUT2D eigenvalue weighted by molar-refractivity contribution is 5.76. The van der Waals surface area contributed by atoms with Gasteiger partial charge in [-0.1, -0.05) is 116 Å². The molecule has 1 aliphatic rings. The zero-order valence-corrected chi connectivity index (χ0v) is 27.5. The Balaban J connectivity index is 2.61. The minimum absolute atomic E-state index is 0.0306. The summed E-state index contributed by atoms with van der Waals surface area (Å²) < 4.78 is 17.2. The highest BCUT2D eigenvalue weighted by atomic mass is 16.7. The molecule has 1 amide bonds. The minimum Gasteiger partial charge on any atom is -0.396 e. The fourth-order valence-corrected chi connectivity index (χ4v) is 5.48. The van der Waals surface area contributed by atoms with E-state index in [1.807, 2.05) is 6.08 Å². The smallest absolute Gasteiger partial charge is 0.220 e. The third-order valence-electron chi connectivity index (χ3n) is 8.43. The molecular formula is C34H65NO8. The molecule has 0 aromatic carbocycles. The molecule has 1 rings (SSSR count). The first-order valence-electron chi connectivity index (χ1n) is 17.3. The molecule has 7 atom stereocenters. The van der Waals surface area contributed by atoms with Crippen LogP contribution in [0.3, 0.4) is 0 Å². The van der Waals surface area contributed by atoms with E-state index in [4.69, 9.17) is 14.2 Å². The van der Waals surface area contributed by atoms with Gasteiger partial charge in [-0.15, -0.1) is 0 Å². The first-order chi connectivity index (χ1) is 20.9. The zero-order chi connectivity index (χ0) is 31.7. The van der Waals surface area contributed by atoms with Crippen molar-refractivity contribution in [3.63, 3.8) is 0 Å². The second-order valence-corrected chi connectivity index (χ2v) is 12.2. The number of hydrogen-bond acceptors (Lipinski definition) is 8. The molecular weight excluding hydrogens is 550 g/mol. The number of carbonyl (C=O) groups is 1. The summed E-state index contributed by atoms with van der Waals surface area (Å²) >= 11 is 0. The molecule has 0 spiro atoms. The second-order valence-electron chi connectivity index (χ2n) is 12.2. The average molecular weight is 616 g/mol. The fraction of sp³-hybridized carbons (Fsp3) is 0.912. The average Bonchev–Trinajstić information content (AvgIpc) is 3.10. The molecule has 254 valence electrons. The Hall–Kier alpha value is -1.07. The SMILES string of the molecule is CCCCCCCCCCCCC/C=C/[C@H](OC)[C@H](CO[C@@H]1OCC(CO)[C@@H](O)C(O)C1O)NC(=O)CCCCCCC. The second kappa shape index (κ2) is 26.2. The van der Waals surface area contributed by atoms with E-state index in [0.29, 0.717) is 6.42 Å². The van der Waals surface area contributed by atoms with Crippen LogP contribution in [0.4, 0.5) is 0 Å². The molecule has 0 aromatic rings. The standard InChI is InChI=1S/C34H65NO8/c1-4-6-8-10-11-12-13-14-15-16-17-19-20-22-29(41-3)28(35-30(37)23-21-18-9-7-5-2)26-43-34-33(40)32(39)31(38)27(24-36)25-42-34/h20,22,27-29,31-34,36,38-40H,4-19,21,23-26H2,1-3H3,(H,35,37)/b22-20+/t27?,28-,29-,31+,32?,33?,34-/m0/s1. The molecule has 43 heavy (non-hydrogen) atoms. The van der Waals surface area contributed by atoms with Crippen molar-refractivity contribution in [2.75, 3.05) is 26.9 Å². The van der Waals surface area contributed by atoms with Gasteiger partial charge >= 0.3 is 0 Å². The summed E-state index contributed by atoms with van der Waals surface area (Å²) in [4.78, 5) is 12.8. The highest BCUT2D eigenvalue weighted by Crippen LogP contribution is 2.22. The van der Waals surface area contributed by atoms with Crippen molar-refractivity contribution in [3.05, 3.63) is 12.2 Å². The normalized spacial score (nSPS) is 24.2. The summed E-state index contributed by atoms with van der Waals surface area (Å²) in [5.74, 6) is -0.837. The van der Waals surface area contributed by atoms with Crippen LogP contribution in [0.5, 0.6) is 0 Å². The van der Waals surface area contributed by atoms with Crippen LogP contribution >= 0.6 is 0 Å². The summed E-state index contributed by atoms with van der Waals surface area (Å²) in [6.45, 7) is 3.90. The number of hydrogen-bond donors (Lipinski definition) is 5. The van der Waals surface area contributed by atoms with Crippen LogP contribution in [0.1, 0.15) is 129 Å². The number of nitrogens with one attached hydrogen (secondary N) is 1. The molecule has 0 aromatic heterocycles. The van der Waals surface area contributed by atoms with Crippen LogP contribution in [0.2, 0.25) is 0 Å². The van der Waals surface area contributed by atoms with Crippen molar-refractivity contribution in [1.29, 1.82) is 0 Å². The van der Waals surface area contributed by atoms with Gasteiger partial charge in [-0.2, -0.15) is 0 Å². The molecule has 1 saturated heterocycles. The van der Waals surface area contributed by atoms with Crippen LogP contribution < -0.4 is 5.32 Å². The van der Waals surface area contributed by atoms with Gasteiger partial charge in [-0.05, 0) is 19.3 Å². The summed E-state index contributed by atoms with van der Waals surface area (Å²) in [7, 11) is 1.59. The molecule has 1 heterocycles. The van der Waals surface area contributed by atoms with Crippen LogP contribution in [-0.2, 0) is 19.0 Å². The van der Waals surface area contributed by atoms with Gasteiger partial charge < -0.3 is 40.0 Å². The Kier molecular flexibility index (Phi) is 24.3. The van der Waals surface area contributed by atoms with E-state index >= 15 is 0 Å². The first kappa shape index (κ1) is 40.0. The van der Waals surface area contributed by atoms with Crippen LogP contribution in [0.15, 0.2) is 12.2 Å². The number of unbranched alkanes of at least 4 members (excludes halogenated alkanes) is 15. The Morgan fingerprint density at radius 2 is 1.40 bits per heavy atom. The number of aliphatic hydroxyl groups is 4. The third-order valence-corrected chi connectivity index (χ3v) is 8.43. The predicted molar refractivity (Wildman–Crippen MR) is 171 cm³/mol. The van der Waals surface area contributed by atoms with Crippen molar-refractivity contribution >= 4 is 5.91 Å². The molecule has 0 saturated carbocycles. The monoisotopic (exact) mass is 615 g/mol. The van der Waals surface area contributed by atoms with Crippen LogP contribution in [-0.4, -0.2) is 90.0 Å². The Labute approximate surface area is 261 Å². The molecule has 3 unspecified atom stereocenters. The van der Waals surface area contributed by atoms with E-state index in [9.17, 15) is 25.2 Å².